The van der Waals surface area contributed by atoms with Gasteiger partial charge in [-0.1, -0.05) is 6.92 Å². The van der Waals surface area contributed by atoms with Gasteiger partial charge >= 0.3 is 5.97 Å². The van der Waals surface area contributed by atoms with E-state index < -0.39 is 0 Å². The first-order chi connectivity index (χ1) is 12.5. The highest BCUT2D eigenvalue weighted by molar-refractivity contribution is 5.92. The third-order valence-corrected chi connectivity index (χ3v) is 4.84. The van der Waals surface area contributed by atoms with E-state index in [1.807, 2.05) is 31.2 Å². The Balaban J connectivity index is 1.69. The second-order valence-corrected chi connectivity index (χ2v) is 6.49. The topological polar surface area (TPSA) is 73.7 Å². The van der Waals surface area contributed by atoms with Gasteiger partial charge in [0.25, 0.3) is 5.91 Å². The number of nitrogens with zero attached hydrogens (tertiary/aromatic N) is 3. The minimum Gasteiger partial charge on any atom is -0.497 e. The number of esters is 1. The Hall–Kier alpha value is -2.83. The first-order valence-electron chi connectivity index (χ1n) is 8.60. The molecular weight excluding hydrogens is 334 g/mol. The van der Waals surface area contributed by atoms with Crippen molar-refractivity contribution in [1.29, 1.82) is 0 Å². The highest BCUT2D eigenvalue weighted by Gasteiger charge is 2.34. The zero-order chi connectivity index (χ0) is 18.7. The molecule has 2 heterocycles. The van der Waals surface area contributed by atoms with Crippen LogP contribution in [0.1, 0.15) is 23.8 Å². The van der Waals surface area contributed by atoms with Gasteiger partial charge in [-0.15, -0.1) is 0 Å². The Morgan fingerprint density at radius 2 is 1.88 bits per heavy atom. The van der Waals surface area contributed by atoms with E-state index in [1.165, 1.54) is 7.11 Å². The first kappa shape index (κ1) is 18.0. The molecule has 1 aromatic heterocycles. The largest absolute Gasteiger partial charge is 0.497 e. The number of methoxy groups -OCH3 is 2. The van der Waals surface area contributed by atoms with E-state index in [2.05, 4.69) is 5.10 Å². The number of amides is 1. The summed E-state index contributed by atoms with van der Waals surface area (Å²) in [5.41, 5.74) is 1.24. The molecule has 2 aromatic rings. The van der Waals surface area contributed by atoms with Crippen molar-refractivity contribution in [3.05, 3.63) is 42.2 Å². The van der Waals surface area contributed by atoms with Gasteiger partial charge in [0.1, 0.15) is 5.75 Å². The van der Waals surface area contributed by atoms with Gasteiger partial charge in [0.15, 0.2) is 5.69 Å². The molecule has 0 aliphatic carbocycles. The maximum Gasteiger partial charge on any atom is 0.309 e. The van der Waals surface area contributed by atoms with E-state index in [0.29, 0.717) is 25.2 Å². The molecule has 1 fully saturated rings. The summed E-state index contributed by atoms with van der Waals surface area (Å²) in [7, 11) is 3.02. The molecule has 0 radical (unpaired) electrons. The Morgan fingerprint density at radius 3 is 2.50 bits per heavy atom. The summed E-state index contributed by atoms with van der Waals surface area (Å²) in [6.45, 7) is 3.02. The summed E-state index contributed by atoms with van der Waals surface area (Å²) in [5, 5.41) is 4.40. The van der Waals surface area contributed by atoms with Crippen LogP contribution >= 0.6 is 0 Å². The van der Waals surface area contributed by atoms with Gasteiger partial charge in [0.2, 0.25) is 0 Å². The third kappa shape index (κ3) is 3.56. The number of hydrogen-bond donors (Lipinski definition) is 0. The second-order valence-electron chi connectivity index (χ2n) is 6.49. The minimum absolute atomic E-state index is 0.0591. The molecule has 0 saturated carbocycles. The van der Waals surface area contributed by atoms with Crippen LogP contribution in [0.4, 0.5) is 0 Å². The van der Waals surface area contributed by atoms with Crippen LogP contribution in [0.15, 0.2) is 36.5 Å². The van der Waals surface area contributed by atoms with Crippen molar-refractivity contribution in [2.45, 2.75) is 13.3 Å². The monoisotopic (exact) mass is 357 g/mol. The van der Waals surface area contributed by atoms with Crippen molar-refractivity contribution in [1.82, 2.24) is 14.7 Å². The molecule has 7 heteroatoms. The Morgan fingerprint density at radius 1 is 1.15 bits per heavy atom. The van der Waals surface area contributed by atoms with Gasteiger partial charge < -0.3 is 14.4 Å². The lowest BCUT2D eigenvalue weighted by molar-refractivity contribution is -0.148. The number of rotatable bonds is 4. The van der Waals surface area contributed by atoms with Gasteiger partial charge in [-0.05, 0) is 42.7 Å². The molecule has 1 aliphatic heterocycles. The van der Waals surface area contributed by atoms with Crippen LogP contribution in [0.5, 0.6) is 5.75 Å². The number of likely N-dealkylation sites (tertiary alicyclic amines) is 1. The molecule has 7 nitrogen and oxygen atoms in total. The first-order valence-corrected chi connectivity index (χ1v) is 8.60. The lowest BCUT2D eigenvalue weighted by Crippen LogP contribution is -2.45. The highest BCUT2D eigenvalue weighted by atomic mass is 16.5. The maximum atomic E-state index is 12.8. The number of benzene rings is 1. The standard InChI is InChI=1S/C19H23N3O4/c1-13-12-21(10-8-16(13)19(24)26-3)18(23)17-9-11-22(20-17)14-4-6-15(25-2)7-5-14/h4-7,9,11,13,16H,8,10,12H2,1-3H3/t13-,16-/m0/s1. The molecular formula is C19H23N3O4. The smallest absolute Gasteiger partial charge is 0.309 e. The quantitative estimate of drug-likeness (QED) is 0.784. The van der Waals surface area contributed by atoms with Crippen LogP contribution in [0.25, 0.3) is 5.69 Å². The lowest BCUT2D eigenvalue weighted by Gasteiger charge is -2.35. The second kappa shape index (κ2) is 7.59. The van der Waals surface area contributed by atoms with Gasteiger partial charge in [0.05, 0.1) is 25.8 Å². The van der Waals surface area contributed by atoms with E-state index in [1.54, 1.807) is 29.0 Å². The summed E-state index contributed by atoms with van der Waals surface area (Å²) in [6, 6.07) is 9.16. The molecule has 26 heavy (non-hydrogen) atoms. The normalized spacial score (nSPS) is 19.9. The molecule has 0 unspecified atom stereocenters. The average molecular weight is 357 g/mol. The fraction of sp³-hybridized carbons (Fsp3) is 0.421. The van der Waals surface area contributed by atoms with E-state index >= 15 is 0 Å². The van der Waals surface area contributed by atoms with Gasteiger partial charge in [-0.25, -0.2) is 4.68 Å². The van der Waals surface area contributed by atoms with Crippen LogP contribution in [-0.4, -0.2) is 53.9 Å². The number of ether oxygens (including phenoxy) is 2. The molecule has 0 bridgehead atoms. The van der Waals surface area contributed by atoms with Crippen LogP contribution in [0.2, 0.25) is 0 Å². The number of piperidine rings is 1. The fourth-order valence-corrected chi connectivity index (χ4v) is 3.31. The molecule has 1 aromatic carbocycles. The molecule has 0 spiro atoms. The van der Waals surface area contributed by atoms with Crippen LogP contribution < -0.4 is 4.74 Å². The summed E-state index contributed by atoms with van der Waals surface area (Å²) in [6.07, 6.45) is 2.37. The van der Waals surface area contributed by atoms with Crippen LogP contribution in [-0.2, 0) is 9.53 Å². The maximum absolute atomic E-state index is 12.8. The fourth-order valence-electron chi connectivity index (χ4n) is 3.31. The predicted molar refractivity (Wildman–Crippen MR) is 95.3 cm³/mol. The van der Waals surface area contributed by atoms with Crippen molar-refractivity contribution < 1.29 is 19.1 Å². The van der Waals surface area contributed by atoms with Crippen molar-refractivity contribution in [3.63, 3.8) is 0 Å². The lowest BCUT2D eigenvalue weighted by atomic mass is 9.87. The van der Waals surface area contributed by atoms with E-state index in [4.69, 9.17) is 9.47 Å². The molecule has 1 aliphatic rings. The van der Waals surface area contributed by atoms with Crippen LogP contribution in [0, 0.1) is 11.8 Å². The summed E-state index contributed by atoms with van der Waals surface area (Å²) >= 11 is 0. The summed E-state index contributed by atoms with van der Waals surface area (Å²) in [4.78, 5) is 26.3. The zero-order valence-corrected chi connectivity index (χ0v) is 15.2. The summed E-state index contributed by atoms with van der Waals surface area (Å²) < 4.78 is 11.7. The number of aromatic nitrogens is 2. The Bertz CT molecular complexity index is 784. The van der Waals surface area contributed by atoms with Gasteiger partial charge in [-0.2, -0.15) is 5.10 Å². The predicted octanol–water partition coefficient (Wildman–Crippen LogP) is 2.15. The molecule has 1 saturated heterocycles. The van der Waals surface area contributed by atoms with Crippen molar-refractivity contribution >= 4 is 11.9 Å². The highest BCUT2D eigenvalue weighted by Crippen LogP contribution is 2.25. The van der Waals surface area contributed by atoms with Crippen molar-refractivity contribution in [3.8, 4) is 11.4 Å². The van der Waals surface area contributed by atoms with E-state index in [0.717, 1.165) is 11.4 Å². The molecule has 3 rings (SSSR count). The number of carbonyl (C=O) groups is 2. The van der Waals surface area contributed by atoms with E-state index in [-0.39, 0.29) is 23.7 Å². The van der Waals surface area contributed by atoms with Gasteiger partial charge in [0, 0.05) is 19.3 Å². The SMILES string of the molecule is COC(=O)[C@H]1CCN(C(=O)c2ccn(-c3ccc(OC)cc3)n2)C[C@@H]1C. The molecule has 1 amide bonds. The van der Waals surface area contributed by atoms with Crippen LogP contribution in [0.3, 0.4) is 0 Å². The van der Waals surface area contributed by atoms with Crippen molar-refractivity contribution in [2.24, 2.45) is 11.8 Å². The van der Waals surface area contributed by atoms with Gasteiger partial charge in [-0.3, -0.25) is 9.59 Å². The molecule has 0 N–H and O–H groups in total. The number of hydrogen-bond acceptors (Lipinski definition) is 5. The Labute approximate surface area is 152 Å². The zero-order valence-electron chi connectivity index (χ0n) is 15.2. The average Bonchev–Trinajstić information content (AvgIpc) is 3.17. The summed E-state index contributed by atoms with van der Waals surface area (Å²) in [5.74, 6) is 0.352. The molecule has 138 valence electrons. The van der Waals surface area contributed by atoms with Crippen molar-refractivity contribution in [2.75, 3.05) is 27.3 Å². The third-order valence-electron chi connectivity index (χ3n) is 4.84. The minimum atomic E-state index is -0.201. The van der Waals surface area contributed by atoms with E-state index in [9.17, 15) is 9.59 Å². The molecule has 2 atom stereocenters. The number of carbonyl (C=O) groups excluding carboxylic acids is 2. The Kier molecular flexibility index (Phi) is 5.25.